The number of nitrogens with zero attached hydrogens (tertiary/aromatic N) is 3. The number of para-hydroxylation sites is 1. The molecule has 110 valence electrons. The lowest BCUT2D eigenvalue weighted by atomic mass is 9.83. The Morgan fingerprint density at radius 1 is 1.29 bits per heavy atom. The number of fused-ring (bicyclic) bond motifs is 1. The van der Waals surface area contributed by atoms with E-state index in [1.165, 1.54) is 0 Å². The molecule has 2 amide bonds. The molecule has 1 unspecified atom stereocenters. The second-order valence-electron chi connectivity index (χ2n) is 5.51. The van der Waals surface area contributed by atoms with Crippen molar-refractivity contribution in [2.24, 2.45) is 10.4 Å². The maximum absolute atomic E-state index is 12.7. The van der Waals surface area contributed by atoms with Crippen LogP contribution in [0.3, 0.4) is 0 Å². The first-order valence-electron chi connectivity index (χ1n) is 7.04. The molecule has 1 atom stereocenters. The summed E-state index contributed by atoms with van der Waals surface area (Å²) in [6.45, 7) is 4.35. The number of carbonyl (C=O) groups is 2. The SMILES string of the molecule is CCC1(C)C(=O)NC2=NCN(c3ccccc3)CN2C1=O. The zero-order chi connectivity index (χ0) is 15.0. The van der Waals surface area contributed by atoms with Crippen molar-refractivity contribution in [1.82, 2.24) is 10.2 Å². The highest BCUT2D eigenvalue weighted by Crippen LogP contribution is 2.29. The molecule has 1 saturated heterocycles. The number of guanidine groups is 1. The monoisotopic (exact) mass is 286 g/mol. The fourth-order valence-corrected chi connectivity index (χ4v) is 2.54. The Balaban J connectivity index is 1.90. The molecule has 2 aliphatic rings. The summed E-state index contributed by atoms with van der Waals surface area (Å²) in [6.07, 6.45) is 0.465. The number of benzene rings is 1. The molecule has 21 heavy (non-hydrogen) atoms. The van der Waals surface area contributed by atoms with Crippen LogP contribution in [0.15, 0.2) is 35.3 Å². The molecular weight excluding hydrogens is 268 g/mol. The summed E-state index contributed by atoms with van der Waals surface area (Å²) in [6, 6.07) is 9.80. The van der Waals surface area contributed by atoms with Gasteiger partial charge in [0.15, 0.2) is 0 Å². The summed E-state index contributed by atoms with van der Waals surface area (Å²) in [5.74, 6) is -0.0885. The van der Waals surface area contributed by atoms with Crippen molar-refractivity contribution >= 4 is 23.5 Å². The summed E-state index contributed by atoms with van der Waals surface area (Å²) >= 11 is 0. The molecule has 0 aromatic heterocycles. The highest BCUT2D eigenvalue weighted by Gasteiger charge is 2.49. The van der Waals surface area contributed by atoms with Crippen LogP contribution < -0.4 is 10.2 Å². The van der Waals surface area contributed by atoms with Gasteiger partial charge in [-0.15, -0.1) is 0 Å². The van der Waals surface area contributed by atoms with E-state index in [1.807, 2.05) is 42.2 Å². The van der Waals surface area contributed by atoms with Gasteiger partial charge in [-0.25, -0.2) is 4.99 Å². The highest BCUT2D eigenvalue weighted by molar-refractivity contribution is 6.20. The van der Waals surface area contributed by atoms with Crippen molar-refractivity contribution in [2.45, 2.75) is 20.3 Å². The fourth-order valence-electron chi connectivity index (χ4n) is 2.54. The second-order valence-corrected chi connectivity index (χ2v) is 5.51. The molecule has 1 aromatic carbocycles. The molecule has 6 heteroatoms. The number of carbonyl (C=O) groups excluding carboxylic acids is 2. The Labute approximate surface area is 123 Å². The second kappa shape index (κ2) is 4.87. The van der Waals surface area contributed by atoms with Crippen LogP contribution in [0.1, 0.15) is 20.3 Å². The quantitative estimate of drug-likeness (QED) is 0.830. The number of aliphatic imine (C=N–C) groups is 1. The summed E-state index contributed by atoms with van der Waals surface area (Å²) < 4.78 is 0. The van der Waals surface area contributed by atoms with Gasteiger partial charge in [0, 0.05) is 5.69 Å². The van der Waals surface area contributed by atoms with E-state index in [-0.39, 0.29) is 11.8 Å². The van der Waals surface area contributed by atoms with Crippen LogP contribution in [-0.4, -0.2) is 36.0 Å². The van der Waals surface area contributed by atoms with E-state index in [0.29, 0.717) is 25.7 Å². The molecule has 0 aliphatic carbocycles. The average Bonchev–Trinajstić information content (AvgIpc) is 2.53. The predicted octanol–water partition coefficient (Wildman–Crippen LogP) is 1.15. The van der Waals surface area contributed by atoms with Crippen LogP contribution in [0, 0.1) is 5.41 Å². The largest absolute Gasteiger partial charge is 0.334 e. The van der Waals surface area contributed by atoms with Gasteiger partial charge < -0.3 is 4.90 Å². The third-order valence-electron chi connectivity index (χ3n) is 4.23. The maximum Gasteiger partial charge on any atom is 0.246 e. The molecule has 0 spiro atoms. The van der Waals surface area contributed by atoms with Crippen LogP contribution in [0.2, 0.25) is 0 Å². The number of hydrogen-bond donors (Lipinski definition) is 1. The van der Waals surface area contributed by atoms with Crippen molar-refractivity contribution in [1.29, 1.82) is 0 Å². The predicted molar refractivity (Wildman–Crippen MR) is 79.5 cm³/mol. The lowest BCUT2D eigenvalue weighted by molar-refractivity contribution is -0.149. The number of hydrogen-bond acceptors (Lipinski definition) is 4. The third-order valence-corrected chi connectivity index (χ3v) is 4.23. The van der Waals surface area contributed by atoms with Gasteiger partial charge >= 0.3 is 0 Å². The molecule has 1 fully saturated rings. The van der Waals surface area contributed by atoms with E-state index in [2.05, 4.69) is 10.3 Å². The highest BCUT2D eigenvalue weighted by atomic mass is 16.2. The van der Waals surface area contributed by atoms with E-state index >= 15 is 0 Å². The van der Waals surface area contributed by atoms with E-state index < -0.39 is 5.41 Å². The molecule has 2 heterocycles. The maximum atomic E-state index is 12.7. The first-order chi connectivity index (χ1) is 10.1. The van der Waals surface area contributed by atoms with Crippen molar-refractivity contribution in [2.75, 3.05) is 18.2 Å². The van der Waals surface area contributed by atoms with Crippen molar-refractivity contribution < 1.29 is 9.59 Å². The van der Waals surface area contributed by atoms with Crippen molar-refractivity contribution in [3.8, 4) is 0 Å². The van der Waals surface area contributed by atoms with Crippen LogP contribution in [0.25, 0.3) is 0 Å². The van der Waals surface area contributed by atoms with Crippen LogP contribution in [0.5, 0.6) is 0 Å². The van der Waals surface area contributed by atoms with Gasteiger partial charge in [-0.05, 0) is 25.5 Å². The van der Waals surface area contributed by atoms with E-state index in [9.17, 15) is 9.59 Å². The first kappa shape index (κ1) is 13.6. The number of anilines is 1. The zero-order valence-electron chi connectivity index (χ0n) is 12.2. The van der Waals surface area contributed by atoms with Gasteiger partial charge in [0.2, 0.25) is 17.8 Å². The molecule has 0 saturated carbocycles. The minimum absolute atomic E-state index is 0.187. The van der Waals surface area contributed by atoms with Gasteiger partial charge in [-0.3, -0.25) is 19.8 Å². The summed E-state index contributed by atoms with van der Waals surface area (Å²) in [5, 5.41) is 2.75. The lowest BCUT2D eigenvalue weighted by Gasteiger charge is -2.43. The van der Waals surface area contributed by atoms with Gasteiger partial charge in [0.1, 0.15) is 18.8 Å². The van der Waals surface area contributed by atoms with Gasteiger partial charge in [0.05, 0.1) is 0 Å². The molecule has 1 N–H and O–H groups in total. The number of nitrogens with one attached hydrogen (secondary N) is 1. The van der Waals surface area contributed by atoms with Gasteiger partial charge in [-0.2, -0.15) is 0 Å². The topological polar surface area (TPSA) is 65.0 Å². The molecule has 6 nitrogen and oxygen atoms in total. The average molecular weight is 286 g/mol. The van der Waals surface area contributed by atoms with Crippen molar-refractivity contribution in [3.05, 3.63) is 30.3 Å². The van der Waals surface area contributed by atoms with Crippen LogP contribution in [0.4, 0.5) is 5.69 Å². The Morgan fingerprint density at radius 3 is 2.67 bits per heavy atom. The smallest absolute Gasteiger partial charge is 0.246 e. The van der Waals surface area contributed by atoms with Crippen molar-refractivity contribution in [3.63, 3.8) is 0 Å². The minimum atomic E-state index is -1.02. The molecule has 0 bridgehead atoms. The van der Waals surface area contributed by atoms with E-state index in [1.54, 1.807) is 11.8 Å². The molecule has 0 radical (unpaired) electrons. The normalized spacial score (nSPS) is 25.3. The number of rotatable bonds is 2. The Bertz CT molecular complexity index is 613. The Hall–Kier alpha value is -2.37. The molecule has 3 rings (SSSR count). The number of amides is 2. The standard InChI is InChI=1S/C15H18N4O2/c1-3-15(2)12(20)17-14-16-9-18(10-19(14)13(15)21)11-7-5-4-6-8-11/h4-8H,3,9-10H2,1-2H3,(H,16,17,20). The van der Waals surface area contributed by atoms with E-state index in [4.69, 9.17) is 0 Å². The van der Waals surface area contributed by atoms with Gasteiger partial charge in [0.25, 0.3) is 0 Å². The molecule has 2 aliphatic heterocycles. The first-order valence-corrected chi connectivity index (χ1v) is 7.04. The summed E-state index contributed by atoms with van der Waals surface area (Å²) in [4.78, 5) is 32.6. The Morgan fingerprint density at radius 2 is 2.00 bits per heavy atom. The summed E-state index contributed by atoms with van der Waals surface area (Å²) in [7, 11) is 0. The van der Waals surface area contributed by atoms with E-state index in [0.717, 1.165) is 5.69 Å². The molecule has 1 aromatic rings. The summed E-state index contributed by atoms with van der Waals surface area (Å²) in [5.41, 5.74) is -0.0122. The lowest BCUT2D eigenvalue weighted by Crippen LogP contribution is -2.66. The van der Waals surface area contributed by atoms with Gasteiger partial charge in [-0.1, -0.05) is 25.1 Å². The minimum Gasteiger partial charge on any atom is -0.334 e. The van der Waals surface area contributed by atoms with Crippen LogP contribution >= 0.6 is 0 Å². The van der Waals surface area contributed by atoms with Crippen LogP contribution in [-0.2, 0) is 9.59 Å². The fraction of sp³-hybridized carbons (Fsp3) is 0.400. The Kier molecular flexibility index (Phi) is 3.16. The zero-order valence-corrected chi connectivity index (χ0v) is 12.2. The third kappa shape index (κ3) is 2.07. The molecular formula is C15H18N4O2.